The van der Waals surface area contributed by atoms with Crippen LogP contribution in [0.1, 0.15) is 12.5 Å². The third-order valence-corrected chi connectivity index (χ3v) is 1.65. The van der Waals surface area contributed by atoms with Gasteiger partial charge in [-0.2, -0.15) is 0 Å². The van der Waals surface area contributed by atoms with Crippen molar-refractivity contribution in [3.8, 4) is 0 Å². The molecule has 0 saturated carbocycles. The lowest BCUT2D eigenvalue weighted by molar-refractivity contribution is 0.561. The van der Waals surface area contributed by atoms with Crippen molar-refractivity contribution in [3.05, 3.63) is 47.5 Å². The Hall–Kier alpha value is -1.37. The van der Waals surface area contributed by atoms with E-state index in [1.54, 1.807) is 6.92 Å². The molecule has 0 amide bonds. The van der Waals surface area contributed by atoms with Gasteiger partial charge in [0.25, 0.3) is 0 Å². The van der Waals surface area contributed by atoms with E-state index in [0.717, 1.165) is 6.42 Å². The average molecular weight is 159 g/mol. The lowest BCUT2D eigenvalue weighted by Crippen LogP contribution is -1.82. The highest BCUT2D eigenvalue weighted by atomic mass is 16.1. The summed E-state index contributed by atoms with van der Waals surface area (Å²) in [5, 5.41) is 0. The average Bonchev–Trinajstić information content (AvgIpc) is 2.16. The van der Waals surface area contributed by atoms with E-state index in [2.05, 4.69) is 0 Å². The molecule has 0 bridgehead atoms. The molecule has 0 saturated heterocycles. The maximum atomic E-state index is 10.1. The predicted molar refractivity (Wildman–Crippen MR) is 49.6 cm³/mol. The van der Waals surface area contributed by atoms with Crippen LogP contribution in [0.3, 0.4) is 0 Å². The number of rotatable bonds is 3. The number of hydrogen-bond donors (Lipinski definition) is 0. The summed E-state index contributed by atoms with van der Waals surface area (Å²) >= 11 is 0. The zero-order valence-electron chi connectivity index (χ0n) is 7.08. The highest BCUT2D eigenvalue weighted by Crippen LogP contribution is 2.01. The summed E-state index contributed by atoms with van der Waals surface area (Å²) in [7, 11) is 0. The summed E-state index contributed by atoms with van der Waals surface area (Å²) in [4.78, 5) is 10.1. The van der Waals surface area contributed by atoms with Gasteiger partial charge in [-0.05, 0) is 24.5 Å². The molecule has 0 spiro atoms. The Bertz CT molecular complexity index is 272. The minimum atomic E-state index is 0.666. The number of benzene rings is 1. The summed E-state index contributed by atoms with van der Waals surface area (Å²) in [5.74, 6) is 0. The zero-order chi connectivity index (χ0) is 8.81. The van der Waals surface area contributed by atoms with Crippen molar-refractivity contribution < 1.29 is 4.79 Å². The van der Waals surface area contributed by atoms with Crippen molar-refractivity contribution in [1.82, 2.24) is 0 Å². The Morgan fingerprint density at radius 3 is 2.67 bits per heavy atom. The molecule has 0 aliphatic carbocycles. The molecule has 0 aromatic heterocycles. The smallest absolute Gasteiger partial charge is 0.228 e. The van der Waals surface area contributed by atoms with E-state index in [4.69, 9.17) is 0 Å². The van der Waals surface area contributed by atoms with E-state index in [0.29, 0.717) is 5.57 Å². The van der Waals surface area contributed by atoms with Gasteiger partial charge in [0.2, 0.25) is 6.29 Å². The van der Waals surface area contributed by atoms with Crippen molar-refractivity contribution in [2.24, 2.45) is 0 Å². The minimum absolute atomic E-state index is 0.666. The van der Waals surface area contributed by atoms with Gasteiger partial charge in [0.05, 0.1) is 0 Å². The van der Waals surface area contributed by atoms with Gasteiger partial charge in [-0.1, -0.05) is 36.4 Å². The van der Waals surface area contributed by atoms with Gasteiger partial charge in [-0.25, -0.2) is 0 Å². The van der Waals surface area contributed by atoms with E-state index in [1.165, 1.54) is 5.56 Å². The minimum Gasteiger partial charge on any atom is -0.285 e. The SMILES string of the molecule is C/C([C]=O)=C\Cc1ccccc1. The van der Waals surface area contributed by atoms with Crippen LogP contribution in [-0.4, -0.2) is 6.29 Å². The summed E-state index contributed by atoms with van der Waals surface area (Å²) in [6.07, 6.45) is 4.53. The fourth-order valence-corrected chi connectivity index (χ4v) is 0.927. The summed E-state index contributed by atoms with van der Waals surface area (Å²) in [6, 6.07) is 10.0. The third kappa shape index (κ3) is 2.70. The molecule has 0 atom stereocenters. The molecule has 61 valence electrons. The normalized spacial score (nSPS) is 11.2. The van der Waals surface area contributed by atoms with Crippen LogP contribution in [0.2, 0.25) is 0 Å². The first-order valence-corrected chi connectivity index (χ1v) is 3.92. The third-order valence-electron chi connectivity index (χ3n) is 1.65. The summed E-state index contributed by atoms with van der Waals surface area (Å²) in [6.45, 7) is 1.76. The highest BCUT2D eigenvalue weighted by Gasteiger charge is 1.88. The molecule has 1 aromatic rings. The predicted octanol–water partition coefficient (Wildman–Crippen LogP) is 2.29. The number of carbonyl (C=O) groups excluding carboxylic acids is 1. The van der Waals surface area contributed by atoms with Crippen molar-refractivity contribution in [2.75, 3.05) is 0 Å². The van der Waals surface area contributed by atoms with Crippen LogP contribution in [0.4, 0.5) is 0 Å². The molecule has 0 N–H and O–H groups in total. The molecule has 1 nitrogen and oxygen atoms in total. The highest BCUT2D eigenvalue weighted by molar-refractivity contribution is 5.72. The van der Waals surface area contributed by atoms with Crippen molar-refractivity contribution >= 4 is 6.29 Å². The molecule has 0 aliphatic heterocycles. The van der Waals surface area contributed by atoms with Gasteiger partial charge in [-0.15, -0.1) is 0 Å². The second kappa shape index (κ2) is 4.50. The Labute approximate surface area is 72.7 Å². The summed E-state index contributed by atoms with van der Waals surface area (Å²) in [5.41, 5.74) is 1.88. The van der Waals surface area contributed by atoms with Crippen LogP contribution >= 0.6 is 0 Å². The molecule has 0 unspecified atom stereocenters. The molecule has 0 aliphatic rings. The molecule has 0 fully saturated rings. The van der Waals surface area contributed by atoms with E-state index in [-0.39, 0.29) is 0 Å². The second-order valence-electron chi connectivity index (χ2n) is 2.68. The van der Waals surface area contributed by atoms with Crippen LogP contribution in [0.5, 0.6) is 0 Å². The first-order valence-electron chi connectivity index (χ1n) is 3.92. The first-order chi connectivity index (χ1) is 5.83. The van der Waals surface area contributed by atoms with Crippen LogP contribution in [0.15, 0.2) is 42.0 Å². The van der Waals surface area contributed by atoms with E-state index < -0.39 is 0 Å². The van der Waals surface area contributed by atoms with E-state index in [1.807, 2.05) is 42.7 Å². The molecular weight excluding hydrogens is 148 g/mol. The molecular formula is C11H11O. The molecule has 1 radical (unpaired) electrons. The number of hydrogen-bond acceptors (Lipinski definition) is 1. The largest absolute Gasteiger partial charge is 0.285 e. The Morgan fingerprint density at radius 1 is 1.42 bits per heavy atom. The van der Waals surface area contributed by atoms with Crippen LogP contribution in [0.25, 0.3) is 0 Å². The van der Waals surface area contributed by atoms with Gasteiger partial charge in [0.1, 0.15) is 0 Å². The fourth-order valence-electron chi connectivity index (χ4n) is 0.927. The van der Waals surface area contributed by atoms with Gasteiger partial charge >= 0.3 is 0 Å². The fraction of sp³-hybridized carbons (Fsp3) is 0.182. The van der Waals surface area contributed by atoms with Crippen LogP contribution in [0, 0.1) is 0 Å². The Morgan fingerprint density at radius 2 is 2.08 bits per heavy atom. The molecule has 0 heterocycles. The standard InChI is InChI=1S/C11H11O/c1-10(9-12)7-8-11-5-3-2-4-6-11/h2-7H,8H2,1H3/b10-7+. The summed E-state index contributed by atoms with van der Waals surface area (Å²) < 4.78 is 0. The molecule has 12 heavy (non-hydrogen) atoms. The van der Waals surface area contributed by atoms with Crippen molar-refractivity contribution in [1.29, 1.82) is 0 Å². The maximum Gasteiger partial charge on any atom is 0.228 e. The first kappa shape index (κ1) is 8.72. The molecule has 1 rings (SSSR count). The zero-order valence-corrected chi connectivity index (χ0v) is 7.08. The van der Waals surface area contributed by atoms with Crippen molar-refractivity contribution in [3.63, 3.8) is 0 Å². The Balaban J connectivity index is 2.60. The molecule has 1 aromatic carbocycles. The Kier molecular flexibility index (Phi) is 3.27. The van der Waals surface area contributed by atoms with Crippen molar-refractivity contribution in [2.45, 2.75) is 13.3 Å². The second-order valence-corrected chi connectivity index (χ2v) is 2.68. The topological polar surface area (TPSA) is 17.1 Å². The lowest BCUT2D eigenvalue weighted by Gasteiger charge is -1.93. The van der Waals surface area contributed by atoms with Crippen LogP contribution in [-0.2, 0) is 11.2 Å². The molecule has 1 heteroatoms. The van der Waals surface area contributed by atoms with Gasteiger partial charge in [-0.3, -0.25) is 4.79 Å². The van der Waals surface area contributed by atoms with E-state index in [9.17, 15) is 4.79 Å². The van der Waals surface area contributed by atoms with Gasteiger partial charge < -0.3 is 0 Å². The van der Waals surface area contributed by atoms with Crippen LogP contribution < -0.4 is 0 Å². The monoisotopic (exact) mass is 159 g/mol. The van der Waals surface area contributed by atoms with Gasteiger partial charge in [0, 0.05) is 0 Å². The quantitative estimate of drug-likeness (QED) is 0.618. The van der Waals surface area contributed by atoms with Gasteiger partial charge in [0.15, 0.2) is 0 Å². The number of allylic oxidation sites excluding steroid dienone is 2. The maximum absolute atomic E-state index is 10.1. The van der Waals surface area contributed by atoms with E-state index >= 15 is 0 Å². The lowest BCUT2D eigenvalue weighted by atomic mass is 10.1.